The molecule has 1 aromatic carbocycles. The topological polar surface area (TPSA) is 76.7 Å². The third-order valence-electron chi connectivity index (χ3n) is 2.26. The van der Waals surface area contributed by atoms with E-state index in [2.05, 4.69) is 10.6 Å². The number of para-hydroxylation sites is 1. The zero-order chi connectivity index (χ0) is 14.1. The molecule has 0 aliphatic heterocycles. The van der Waals surface area contributed by atoms with Crippen LogP contribution in [-0.2, 0) is 20.9 Å². The van der Waals surface area contributed by atoms with Gasteiger partial charge in [0.2, 0.25) is 0 Å². The van der Waals surface area contributed by atoms with E-state index >= 15 is 0 Å². The summed E-state index contributed by atoms with van der Waals surface area (Å²) in [6, 6.07) is 6.82. The summed E-state index contributed by atoms with van der Waals surface area (Å²) in [5, 5.41) is 5.07. The van der Waals surface area contributed by atoms with E-state index in [0.717, 1.165) is 5.56 Å². The molecule has 0 spiro atoms. The highest BCUT2D eigenvalue weighted by atomic mass is 16.5. The third-order valence-corrected chi connectivity index (χ3v) is 2.26. The van der Waals surface area contributed by atoms with Crippen molar-refractivity contribution in [3.8, 4) is 0 Å². The van der Waals surface area contributed by atoms with Gasteiger partial charge in [-0.25, -0.2) is 4.79 Å². The Labute approximate surface area is 112 Å². The number of methoxy groups -OCH3 is 1. The van der Waals surface area contributed by atoms with Crippen LogP contribution in [0.1, 0.15) is 12.5 Å². The molecule has 2 N–H and O–H groups in total. The predicted octanol–water partition coefficient (Wildman–Crippen LogP) is 1.52. The van der Waals surface area contributed by atoms with Crippen LogP contribution in [0.5, 0.6) is 0 Å². The van der Waals surface area contributed by atoms with Gasteiger partial charge in [0.05, 0.1) is 13.2 Å². The molecular weight excluding hydrogens is 248 g/mol. The smallest absolute Gasteiger partial charge is 0.325 e. The summed E-state index contributed by atoms with van der Waals surface area (Å²) in [5.41, 5.74) is 1.50. The van der Waals surface area contributed by atoms with Crippen LogP contribution in [0, 0.1) is 0 Å². The van der Waals surface area contributed by atoms with Crippen molar-refractivity contribution in [3.63, 3.8) is 0 Å². The van der Waals surface area contributed by atoms with Gasteiger partial charge in [-0.05, 0) is 13.0 Å². The molecule has 2 amide bonds. The molecule has 0 saturated heterocycles. The lowest BCUT2D eigenvalue weighted by Crippen LogP contribution is -2.34. The molecule has 6 heteroatoms. The fourth-order valence-corrected chi connectivity index (χ4v) is 1.45. The zero-order valence-electron chi connectivity index (χ0n) is 11.1. The van der Waals surface area contributed by atoms with Gasteiger partial charge in [0.15, 0.2) is 0 Å². The molecule has 1 rings (SSSR count). The lowest BCUT2D eigenvalue weighted by Gasteiger charge is -2.11. The van der Waals surface area contributed by atoms with Gasteiger partial charge in [-0.3, -0.25) is 4.79 Å². The first kappa shape index (κ1) is 15.0. The summed E-state index contributed by atoms with van der Waals surface area (Å²) in [7, 11) is 1.58. The summed E-state index contributed by atoms with van der Waals surface area (Å²) < 4.78 is 9.74. The van der Waals surface area contributed by atoms with Crippen LogP contribution >= 0.6 is 0 Å². The maximum absolute atomic E-state index is 11.6. The molecule has 0 heterocycles. The fraction of sp³-hybridized carbons (Fsp3) is 0.385. The number of hydrogen-bond donors (Lipinski definition) is 2. The van der Waals surface area contributed by atoms with E-state index in [9.17, 15) is 9.59 Å². The van der Waals surface area contributed by atoms with Crippen molar-refractivity contribution in [3.05, 3.63) is 29.8 Å². The van der Waals surface area contributed by atoms with Gasteiger partial charge in [-0.2, -0.15) is 0 Å². The average molecular weight is 266 g/mol. The SMILES string of the molecule is CCOC(=O)CNC(=O)Nc1ccccc1COC. The monoisotopic (exact) mass is 266 g/mol. The Hall–Kier alpha value is -2.08. The molecule has 0 bridgehead atoms. The van der Waals surface area contributed by atoms with E-state index in [4.69, 9.17) is 9.47 Å². The number of amides is 2. The lowest BCUT2D eigenvalue weighted by molar-refractivity contribution is -0.141. The first-order valence-corrected chi connectivity index (χ1v) is 5.94. The summed E-state index contributed by atoms with van der Waals surface area (Å²) in [4.78, 5) is 22.7. The molecule has 1 aromatic rings. The summed E-state index contributed by atoms with van der Waals surface area (Å²) in [5.74, 6) is -0.470. The minimum atomic E-state index is -0.470. The second-order valence-corrected chi connectivity index (χ2v) is 3.70. The minimum Gasteiger partial charge on any atom is -0.465 e. The summed E-state index contributed by atoms with van der Waals surface area (Å²) in [6.45, 7) is 2.23. The highest BCUT2D eigenvalue weighted by Gasteiger charge is 2.08. The van der Waals surface area contributed by atoms with Crippen molar-refractivity contribution < 1.29 is 19.1 Å². The minimum absolute atomic E-state index is 0.161. The number of hydrogen-bond acceptors (Lipinski definition) is 4. The highest BCUT2D eigenvalue weighted by Crippen LogP contribution is 2.15. The first-order chi connectivity index (χ1) is 9.17. The van der Waals surface area contributed by atoms with Crippen molar-refractivity contribution in [2.75, 3.05) is 25.6 Å². The third kappa shape index (κ3) is 5.39. The molecule has 104 valence electrons. The van der Waals surface area contributed by atoms with Crippen molar-refractivity contribution >= 4 is 17.7 Å². The quantitative estimate of drug-likeness (QED) is 0.765. The zero-order valence-corrected chi connectivity index (χ0v) is 11.1. The molecule has 6 nitrogen and oxygen atoms in total. The summed E-state index contributed by atoms with van der Waals surface area (Å²) >= 11 is 0. The van der Waals surface area contributed by atoms with E-state index in [-0.39, 0.29) is 6.54 Å². The molecule has 0 aliphatic rings. The second-order valence-electron chi connectivity index (χ2n) is 3.70. The van der Waals surface area contributed by atoms with Crippen molar-refractivity contribution in [2.45, 2.75) is 13.5 Å². The van der Waals surface area contributed by atoms with Gasteiger partial charge >= 0.3 is 12.0 Å². The summed E-state index contributed by atoms with van der Waals surface area (Å²) in [6.07, 6.45) is 0. The molecule has 0 aliphatic carbocycles. The van der Waals surface area contributed by atoms with Gasteiger partial charge < -0.3 is 20.1 Å². The van der Waals surface area contributed by atoms with Gasteiger partial charge in [0.25, 0.3) is 0 Å². The van der Waals surface area contributed by atoms with Crippen LogP contribution in [0.4, 0.5) is 10.5 Å². The van der Waals surface area contributed by atoms with E-state index in [1.54, 1.807) is 26.2 Å². The second kappa shape index (κ2) is 8.10. The van der Waals surface area contributed by atoms with Gasteiger partial charge in [-0.1, -0.05) is 18.2 Å². The number of carbonyl (C=O) groups excluding carboxylic acids is 2. The average Bonchev–Trinajstić information content (AvgIpc) is 2.39. The van der Waals surface area contributed by atoms with Crippen LogP contribution < -0.4 is 10.6 Å². The van der Waals surface area contributed by atoms with Crippen LogP contribution in [0.25, 0.3) is 0 Å². The number of rotatable bonds is 6. The Bertz CT molecular complexity index is 434. The van der Waals surface area contributed by atoms with Crippen molar-refractivity contribution in [1.82, 2.24) is 5.32 Å². The van der Waals surface area contributed by atoms with Gasteiger partial charge in [0.1, 0.15) is 6.54 Å². The highest BCUT2D eigenvalue weighted by molar-refractivity contribution is 5.92. The Balaban J connectivity index is 2.50. The van der Waals surface area contributed by atoms with Crippen LogP contribution in [-0.4, -0.2) is 32.3 Å². The fourth-order valence-electron chi connectivity index (χ4n) is 1.45. The number of benzene rings is 1. The van der Waals surface area contributed by atoms with E-state index in [1.807, 2.05) is 12.1 Å². The van der Waals surface area contributed by atoms with E-state index in [0.29, 0.717) is 18.9 Å². The molecule has 19 heavy (non-hydrogen) atoms. The maximum atomic E-state index is 11.6. The number of esters is 1. The number of anilines is 1. The lowest BCUT2D eigenvalue weighted by atomic mass is 10.2. The molecule has 0 atom stereocenters. The normalized spacial score (nSPS) is 9.79. The number of carbonyl (C=O) groups is 2. The van der Waals surface area contributed by atoms with Gasteiger partial charge in [-0.15, -0.1) is 0 Å². The van der Waals surface area contributed by atoms with Crippen LogP contribution in [0.15, 0.2) is 24.3 Å². The predicted molar refractivity (Wildman–Crippen MR) is 70.8 cm³/mol. The van der Waals surface area contributed by atoms with E-state index in [1.165, 1.54) is 0 Å². The largest absolute Gasteiger partial charge is 0.465 e. The molecule has 0 fully saturated rings. The Morgan fingerprint density at radius 3 is 2.68 bits per heavy atom. The van der Waals surface area contributed by atoms with Gasteiger partial charge in [0, 0.05) is 18.4 Å². The number of nitrogens with one attached hydrogen (secondary N) is 2. The molecule has 0 saturated carbocycles. The Morgan fingerprint density at radius 1 is 1.26 bits per heavy atom. The van der Waals surface area contributed by atoms with Crippen LogP contribution in [0.3, 0.4) is 0 Å². The van der Waals surface area contributed by atoms with Crippen molar-refractivity contribution in [1.29, 1.82) is 0 Å². The molecular formula is C13H18N2O4. The standard InChI is InChI=1S/C13H18N2O4/c1-3-19-12(16)8-14-13(17)15-11-7-5-4-6-10(11)9-18-2/h4-7H,3,8-9H2,1-2H3,(H2,14,15,17). The van der Waals surface area contributed by atoms with Crippen LogP contribution in [0.2, 0.25) is 0 Å². The Kier molecular flexibility index (Phi) is 6.38. The van der Waals surface area contributed by atoms with Crippen molar-refractivity contribution in [2.24, 2.45) is 0 Å². The van der Waals surface area contributed by atoms with E-state index < -0.39 is 12.0 Å². The maximum Gasteiger partial charge on any atom is 0.325 e. The molecule has 0 unspecified atom stereocenters. The number of urea groups is 1. The number of ether oxygens (including phenoxy) is 2. The molecule has 0 radical (unpaired) electrons. The first-order valence-electron chi connectivity index (χ1n) is 5.94. The Morgan fingerprint density at radius 2 is 2.00 bits per heavy atom. The molecule has 0 aromatic heterocycles.